The van der Waals surface area contributed by atoms with Crippen LogP contribution in [-0.2, 0) is 4.79 Å². The number of hydrogen-bond acceptors (Lipinski definition) is 1. The molecule has 0 saturated carbocycles. The van der Waals surface area contributed by atoms with Gasteiger partial charge in [-0.1, -0.05) is 19.1 Å². The van der Waals surface area contributed by atoms with Crippen LogP contribution >= 0.6 is 0 Å². The third-order valence-corrected chi connectivity index (χ3v) is 2.50. The molecule has 0 aromatic rings. The van der Waals surface area contributed by atoms with Crippen molar-refractivity contribution in [2.75, 3.05) is 0 Å². The maximum Gasteiger partial charge on any atom is 0.133 e. The number of carbonyl (C=O) groups is 1. The van der Waals surface area contributed by atoms with Gasteiger partial charge in [-0.05, 0) is 31.6 Å². The lowest BCUT2D eigenvalue weighted by Gasteiger charge is -2.06. The summed E-state index contributed by atoms with van der Waals surface area (Å²) in [7, 11) is 0. The van der Waals surface area contributed by atoms with Crippen molar-refractivity contribution in [2.45, 2.75) is 45.4 Å². The first-order chi connectivity index (χ1) is 5.83. The van der Waals surface area contributed by atoms with E-state index >= 15 is 0 Å². The van der Waals surface area contributed by atoms with Crippen LogP contribution < -0.4 is 0 Å². The first-order valence-electron chi connectivity index (χ1n) is 5.01. The Labute approximate surface area is 74.9 Å². The molecule has 1 aliphatic rings. The fourth-order valence-corrected chi connectivity index (χ4v) is 1.62. The molecular formula is C11H18O. The molecule has 0 spiro atoms. The van der Waals surface area contributed by atoms with Crippen LogP contribution in [0.4, 0.5) is 0 Å². The summed E-state index contributed by atoms with van der Waals surface area (Å²) in [6, 6.07) is 0. The third kappa shape index (κ3) is 3.21. The molecule has 1 rings (SSSR count). The van der Waals surface area contributed by atoms with E-state index in [1.54, 1.807) is 0 Å². The molecule has 0 fully saturated rings. The molecule has 0 radical (unpaired) electrons. The lowest BCUT2D eigenvalue weighted by atomic mass is 9.98. The summed E-state index contributed by atoms with van der Waals surface area (Å²) in [6.45, 7) is 2.15. The number of allylic oxidation sites excluding steroid dienone is 2. The largest absolute Gasteiger partial charge is 0.300 e. The van der Waals surface area contributed by atoms with Crippen molar-refractivity contribution in [1.29, 1.82) is 0 Å². The van der Waals surface area contributed by atoms with E-state index in [4.69, 9.17) is 0 Å². The maximum atomic E-state index is 11.3. The number of hydrogen-bond donors (Lipinski definition) is 0. The molecular weight excluding hydrogens is 148 g/mol. The SMILES string of the molecule is CC[C@H]1/C=C\CCCCC(=O)C1. The molecule has 12 heavy (non-hydrogen) atoms. The summed E-state index contributed by atoms with van der Waals surface area (Å²) in [5.74, 6) is 0.962. The molecule has 68 valence electrons. The minimum absolute atomic E-state index is 0.452. The van der Waals surface area contributed by atoms with Crippen molar-refractivity contribution in [2.24, 2.45) is 5.92 Å². The van der Waals surface area contributed by atoms with Crippen molar-refractivity contribution in [3.8, 4) is 0 Å². The number of rotatable bonds is 1. The van der Waals surface area contributed by atoms with Crippen molar-refractivity contribution in [1.82, 2.24) is 0 Å². The molecule has 0 aromatic heterocycles. The van der Waals surface area contributed by atoms with E-state index in [-0.39, 0.29) is 0 Å². The van der Waals surface area contributed by atoms with E-state index in [1.165, 1.54) is 6.42 Å². The van der Waals surface area contributed by atoms with Gasteiger partial charge in [0.05, 0.1) is 0 Å². The molecule has 0 bridgehead atoms. The molecule has 0 unspecified atom stereocenters. The Bertz CT molecular complexity index is 170. The fraction of sp³-hybridized carbons (Fsp3) is 0.727. The summed E-state index contributed by atoms with van der Waals surface area (Å²) in [5, 5.41) is 0. The highest BCUT2D eigenvalue weighted by Crippen LogP contribution is 2.16. The minimum atomic E-state index is 0.452. The molecule has 0 amide bonds. The van der Waals surface area contributed by atoms with Gasteiger partial charge in [0.2, 0.25) is 0 Å². The smallest absolute Gasteiger partial charge is 0.133 e. The maximum absolute atomic E-state index is 11.3. The van der Waals surface area contributed by atoms with Crippen LogP contribution in [0.2, 0.25) is 0 Å². The molecule has 1 atom stereocenters. The fourth-order valence-electron chi connectivity index (χ4n) is 1.62. The van der Waals surface area contributed by atoms with Gasteiger partial charge >= 0.3 is 0 Å². The van der Waals surface area contributed by atoms with Crippen molar-refractivity contribution < 1.29 is 4.79 Å². The topological polar surface area (TPSA) is 17.1 Å². The molecule has 0 aromatic carbocycles. The van der Waals surface area contributed by atoms with Crippen LogP contribution in [-0.4, -0.2) is 5.78 Å². The number of ketones is 1. The molecule has 0 N–H and O–H groups in total. The second kappa shape index (κ2) is 5.13. The zero-order valence-corrected chi connectivity index (χ0v) is 7.88. The normalized spacial score (nSPS) is 28.8. The van der Waals surface area contributed by atoms with E-state index in [0.29, 0.717) is 11.7 Å². The summed E-state index contributed by atoms with van der Waals surface area (Å²) >= 11 is 0. The molecule has 0 heterocycles. The third-order valence-electron chi connectivity index (χ3n) is 2.50. The summed E-state index contributed by atoms with van der Waals surface area (Å²) in [4.78, 5) is 11.3. The van der Waals surface area contributed by atoms with E-state index < -0.39 is 0 Å². The van der Waals surface area contributed by atoms with Crippen molar-refractivity contribution in [3.63, 3.8) is 0 Å². The van der Waals surface area contributed by atoms with Crippen LogP contribution in [0.5, 0.6) is 0 Å². The van der Waals surface area contributed by atoms with Crippen LogP contribution in [0.1, 0.15) is 45.4 Å². The van der Waals surface area contributed by atoms with Crippen molar-refractivity contribution >= 4 is 5.78 Å². The van der Waals surface area contributed by atoms with Gasteiger partial charge in [0.1, 0.15) is 5.78 Å². The highest BCUT2D eigenvalue weighted by molar-refractivity contribution is 5.78. The van der Waals surface area contributed by atoms with Gasteiger partial charge in [-0.15, -0.1) is 0 Å². The van der Waals surface area contributed by atoms with Gasteiger partial charge in [0, 0.05) is 12.8 Å². The van der Waals surface area contributed by atoms with Crippen molar-refractivity contribution in [3.05, 3.63) is 12.2 Å². The zero-order valence-electron chi connectivity index (χ0n) is 7.88. The van der Waals surface area contributed by atoms with Crippen LogP contribution in [0.25, 0.3) is 0 Å². The van der Waals surface area contributed by atoms with Gasteiger partial charge in [-0.2, -0.15) is 0 Å². The van der Waals surface area contributed by atoms with Gasteiger partial charge in [0.15, 0.2) is 0 Å². The highest BCUT2D eigenvalue weighted by atomic mass is 16.1. The second-order valence-electron chi connectivity index (χ2n) is 3.59. The van der Waals surface area contributed by atoms with Gasteiger partial charge in [-0.3, -0.25) is 4.79 Å². The predicted octanol–water partition coefficient (Wildman–Crippen LogP) is 3.10. The Morgan fingerprint density at radius 2 is 2.33 bits per heavy atom. The van der Waals surface area contributed by atoms with Gasteiger partial charge in [0.25, 0.3) is 0 Å². The first kappa shape index (κ1) is 9.50. The number of carbonyl (C=O) groups excluding carboxylic acids is 1. The van der Waals surface area contributed by atoms with Crippen LogP contribution in [0.3, 0.4) is 0 Å². The zero-order chi connectivity index (χ0) is 8.81. The lowest BCUT2D eigenvalue weighted by Crippen LogP contribution is -2.04. The quantitative estimate of drug-likeness (QED) is 0.547. The summed E-state index contributed by atoms with van der Waals surface area (Å²) < 4.78 is 0. The monoisotopic (exact) mass is 166 g/mol. The van der Waals surface area contributed by atoms with E-state index in [0.717, 1.165) is 32.1 Å². The summed E-state index contributed by atoms with van der Waals surface area (Å²) in [5.41, 5.74) is 0. The standard InChI is InChI=1S/C11H18O/c1-2-10-7-5-3-4-6-8-11(12)9-10/h5,7,10H,2-4,6,8-9H2,1H3/b7-5-/t10-/m0/s1. The van der Waals surface area contributed by atoms with Gasteiger partial charge in [-0.25, -0.2) is 0 Å². The van der Waals surface area contributed by atoms with E-state index in [9.17, 15) is 4.79 Å². The van der Waals surface area contributed by atoms with E-state index in [2.05, 4.69) is 19.1 Å². The average molecular weight is 166 g/mol. The predicted molar refractivity (Wildman–Crippen MR) is 51.0 cm³/mol. The lowest BCUT2D eigenvalue weighted by molar-refractivity contribution is -0.119. The Kier molecular flexibility index (Phi) is 4.06. The van der Waals surface area contributed by atoms with Crippen LogP contribution in [0.15, 0.2) is 12.2 Å². The average Bonchev–Trinajstić information content (AvgIpc) is 2.16. The number of Topliss-reactive ketones (excluding diaryl/α,β-unsaturated/α-hetero) is 1. The Morgan fingerprint density at radius 3 is 3.08 bits per heavy atom. The molecule has 0 aliphatic heterocycles. The minimum Gasteiger partial charge on any atom is -0.300 e. The Balaban J connectivity index is 2.49. The van der Waals surface area contributed by atoms with E-state index in [1.807, 2.05) is 0 Å². The molecule has 0 saturated heterocycles. The second-order valence-corrected chi connectivity index (χ2v) is 3.59. The molecule has 1 nitrogen and oxygen atoms in total. The first-order valence-corrected chi connectivity index (χ1v) is 5.01. The van der Waals surface area contributed by atoms with Crippen LogP contribution in [0, 0.1) is 5.92 Å². The van der Waals surface area contributed by atoms with Gasteiger partial charge < -0.3 is 0 Å². The molecule has 1 aliphatic carbocycles. The molecule has 1 heteroatoms. The highest BCUT2D eigenvalue weighted by Gasteiger charge is 2.09. The Morgan fingerprint density at radius 1 is 1.50 bits per heavy atom. The Hall–Kier alpha value is -0.590. The summed E-state index contributed by atoms with van der Waals surface area (Å²) in [6.07, 6.45) is 10.6.